The summed E-state index contributed by atoms with van der Waals surface area (Å²) in [6, 6.07) is 1.93. The summed E-state index contributed by atoms with van der Waals surface area (Å²) in [5.41, 5.74) is -8.42. The number of methoxy groups -OCH3 is 1. The Morgan fingerprint density at radius 2 is 1.55 bits per heavy atom. The number of carbonyl (C=O) groups is 1. The molecule has 0 saturated heterocycles. The molecule has 0 atom stereocenters. The lowest BCUT2D eigenvalue weighted by molar-refractivity contribution is -0.348. The van der Waals surface area contributed by atoms with Gasteiger partial charge in [0.1, 0.15) is 5.75 Å². The number of carbonyl (C=O) groups excluding carboxylic acids is 1. The highest BCUT2D eigenvalue weighted by atomic mass is 19.4. The zero-order valence-electron chi connectivity index (χ0n) is 11.2. The fourth-order valence-electron chi connectivity index (χ4n) is 1.70. The number of nitrogens with one attached hydrogen (secondary N) is 1. The lowest BCUT2D eigenvalue weighted by atomic mass is 9.92. The van der Waals surface area contributed by atoms with Gasteiger partial charge in [0.25, 0.3) is 0 Å². The third-order valence-electron chi connectivity index (χ3n) is 2.69. The Kier molecular flexibility index (Phi) is 4.64. The van der Waals surface area contributed by atoms with Gasteiger partial charge in [-0.25, -0.2) is 4.39 Å². The van der Waals surface area contributed by atoms with Crippen LogP contribution in [0.25, 0.3) is 0 Å². The molecule has 0 aliphatic carbocycles. The fraction of sp³-hybridized carbons (Fsp3) is 0.417. The van der Waals surface area contributed by atoms with Crippen LogP contribution in [0.3, 0.4) is 0 Å². The molecule has 0 unspecified atom stereocenters. The number of hydrogen-bond acceptors (Lipinski definition) is 2. The fourth-order valence-corrected chi connectivity index (χ4v) is 1.70. The zero-order valence-corrected chi connectivity index (χ0v) is 11.2. The molecule has 1 rings (SSSR count). The van der Waals surface area contributed by atoms with Gasteiger partial charge in [0.2, 0.25) is 5.91 Å². The SMILES string of the molecule is COc1ccc(NC(C)=O)c(C(F)(C(F)(F)F)C(F)(F)F)c1. The van der Waals surface area contributed by atoms with Crippen LogP contribution in [0.2, 0.25) is 0 Å². The van der Waals surface area contributed by atoms with Gasteiger partial charge in [-0.05, 0) is 18.2 Å². The number of benzene rings is 1. The van der Waals surface area contributed by atoms with Crippen molar-refractivity contribution in [1.29, 1.82) is 0 Å². The first-order valence-corrected chi connectivity index (χ1v) is 5.63. The molecule has 1 aromatic rings. The average Bonchev–Trinajstić information content (AvgIpc) is 2.35. The van der Waals surface area contributed by atoms with E-state index in [0.29, 0.717) is 6.07 Å². The highest BCUT2D eigenvalue weighted by molar-refractivity contribution is 5.90. The van der Waals surface area contributed by atoms with E-state index in [9.17, 15) is 35.5 Å². The van der Waals surface area contributed by atoms with Crippen molar-refractivity contribution in [1.82, 2.24) is 0 Å². The molecule has 0 heterocycles. The van der Waals surface area contributed by atoms with Crippen LogP contribution in [0.1, 0.15) is 12.5 Å². The molecule has 0 radical (unpaired) electrons. The summed E-state index contributed by atoms with van der Waals surface area (Å²) in [5, 5.41) is 1.74. The van der Waals surface area contributed by atoms with Gasteiger partial charge < -0.3 is 10.1 Å². The minimum Gasteiger partial charge on any atom is -0.497 e. The van der Waals surface area contributed by atoms with Gasteiger partial charge in [-0.3, -0.25) is 4.79 Å². The van der Waals surface area contributed by atoms with Crippen LogP contribution in [-0.2, 0) is 10.5 Å². The van der Waals surface area contributed by atoms with Crippen molar-refractivity contribution < 1.29 is 40.3 Å². The Balaban J connectivity index is 3.69. The van der Waals surface area contributed by atoms with Crippen LogP contribution in [-0.4, -0.2) is 25.4 Å². The van der Waals surface area contributed by atoms with Crippen molar-refractivity contribution in [2.75, 3.05) is 12.4 Å². The van der Waals surface area contributed by atoms with Gasteiger partial charge in [0.15, 0.2) is 0 Å². The van der Waals surface area contributed by atoms with Crippen LogP contribution in [0, 0.1) is 0 Å². The third-order valence-corrected chi connectivity index (χ3v) is 2.69. The molecular weight excluding hydrogens is 323 g/mol. The Labute approximate surface area is 120 Å². The van der Waals surface area contributed by atoms with E-state index in [1.54, 1.807) is 5.32 Å². The molecule has 1 aromatic carbocycles. The van der Waals surface area contributed by atoms with Gasteiger partial charge in [-0.1, -0.05) is 0 Å². The molecule has 10 heteroatoms. The van der Waals surface area contributed by atoms with Crippen molar-refractivity contribution in [3.63, 3.8) is 0 Å². The third kappa shape index (κ3) is 3.09. The molecule has 3 nitrogen and oxygen atoms in total. The normalized spacial score (nSPS) is 13.0. The monoisotopic (exact) mass is 333 g/mol. The predicted molar refractivity (Wildman–Crippen MR) is 62.2 cm³/mol. The van der Waals surface area contributed by atoms with Crippen LogP contribution in [0.15, 0.2) is 18.2 Å². The highest BCUT2D eigenvalue weighted by Crippen LogP contribution is 2.55. The van der Waals surface area contributed by atoms with E-state index in [-0.39, 0.29) is 6.07 Å². The van der Waals surface area contributed by atoms with Gasteiger partial charge in [0.05, 0.1) is 7.11 Å². The van der Waals surface area contributed by atoms with Crippen LogP contribution in [0.5, 0.6) is 5.75 Å². The standard InChI is InChI=1S/C12H10F7NO2/c1-6(21)20-9-4-3-7(22-2)5-8(9)10(13,11(14,15)16)12(17,18)19/h3-5H,1-2H3,(H,20,21). The molecule has 0 spiro atoms. The Morgan fingerprint density at radius 3 is 1.91 bits per heavy atom. The molecular formula is C12H10F7NO2. The average molecular weight is 333 g/mol. The first-order valence-electron chi connectivity index (χ1n) is 5.63. The van der Waals surface area contributed by atoms with E-state index in [4.69, 9.17) is 0 Å². The summed E-state index contributed by atoms with van der Waals surface area (Å²) in [6.45, 7) is 0.856. The summed E-state index contributed by atoms with van der Waals surface area (Å²) in [6.07, 6.45) is -12.6. The van der Waals surface area contributed by atoms with Gasteiger partial charge in [-0.2, -0.15) is 26.3 Å². The second kappa shape index (κ2) is 5.65. The predicted octanol–water partition coefficient (Wildman–Crippen LogP) is 3.94. The molecule has 0 saturated carbocycles. The largest absolute Gasteiger partial charge is 0.497 e. The summed E-state index contributed by atoms with van der Waals surface area (Å²) >= 11 is 0. The number of amides is 1. The van der Waals surface area contributed by atoms with E-state index >= 15 is 0 Å². The molecule has 22 heavy (non-hydrogen) atoms. The van der Waals surface area contributed by atoms with E-state index in [0.717, 1.165) is 20.1 Å². The van der Waals surface area contributed by atoms with E-state index in [2.05, 4.69) is 4.74 Å². The van der Waals surface area contributed by atoms with Crippen molar-refractivity contribution in [3.8, 4) is 5.75 Å². The molecule has 1 N–H and O–H groups in total. The number of ether oxygens (including phenoxy) is 1. The van der Waals surface area contributed by atoms with Gasteiger partial charge in [-0.15, -0.1) is 0 Å². The summed E-state index contributed by atoms with van der Waals surface area (Å²) in [5.74, 6) is -1.39. The van der Waals surface area contributed by atoms with Crippen molar-refractivity contribution in [3.05, 3.63) is 23.8 Å². The Bertz CT molecular complexity index is 552. The number of alkyl halides is 7. The second-order valence-electron chi connectivity index (χ2n) is 4.25. The van der Waals surface area contributed by atoms with Crippen molar-refractivity contribution in [2.24, 2.45) is 0 Å². The highest BCUT2D eigenvalue weighted by Gasteiger charge is 2.74. The minimum atomic E-state index is -6.29. The Morgan fingerprint density at radius 1 is 1.05 bits per heavy atom. The summed E-state index contributed by atoms with van der Waals surface area (Å²) < 4.78 is 95.4. The first-order chi connectivity index (χ1) is 9.84. The number of halogens is 7. The molecule has 0 aliphatic rings. The summed E-state index contributed by atoms with van der Waals surface area (Å²) in [4.78, 5) is 10.9. The van der Waals surface area contributed by atoms with Crippen LogP contribution >= 0.6 is 0 Å². The molecule has 0 fully saturated rings. The van der Waals surface area contributed by atoms with Crippen molar-refractivity contribution >= 4 is 11.6 Å². The molecule has 0 bridgehead atoms. The van der Waals surface area contributed by atoms with Crippen LogP contribution < -0.4 is 10.1 Å². The van der Waals surface area contributed by atoms with Crippen molar-refractivity contribution in [2.45, 2.75) is 24.9 Å². The maximum absolute atomic E-state index is 14.1. The van der Waals surface area contributed by atoms with E-state index < -0.39 is 40.9 Å². The van der Waals surface area contributed by atoms with Crippen LogP contribution in [0.4, 0.5) is 36.4 Å². The lowest BCUT2D eigenvalue weighted by Crippen LogP contribution is -2.50. The zero-order chi connectivity index (χ0) is 17.3. The molecule has 0 aliphatic heterocycles. The van der Waals surface area contributed by atoms with E-state index in [1.807, 2.05) is 0 Å². The minimum absolute atomic E-state index is 0.242. The maximum atomic E-state index is 14.1. The van der Waals surface area contributed by atoms with Gasteiger partial charge in [0, 0.05) is 18.2 Å². The number of anilines is 1. The Hall–Kier alpha value is -2.00. The quantitative estimate of drug-likeness (QED) is 0.851. The second-order valence-corrected chi connectivity index (χ2v) is 4.25. The van der Waals surface area contributed by atoms with E-state index in [1.165, 1.54) is 0 Å². The first kappa shape index (κ1) is 18.1. The smallest absolute Gasteiger partial charge is 0.436 e. The molecule has 0 aromatic heterocycles. The maximum Gasteiger partial charge on any atom is 0.436 e. The lowest BCUT2D eigenvalue weighted by Gasteiger charge is -2.31. The molecule has 1 amide bonds. The number of hydrogen-bond donors (Lipinski definition) is 1. The summed E-state index contributed by atoms with van der Waals surface area (Å²) in [7, 11) is 0.984. The molecule has 124 valence electrons. The van der Waals surface area contributed by atoms with Gasteiger partial charge >= 0.3 is 18.0 Å². The number of rotatable bonds is 3. The topological polar surface area (TPSA) is 38.3 Å².